The first-order valence-corrected chi connectivity index (χ1v) is 6.72. The van der Waals surface area contributed by atoms with E-state index >= 15 is 0 Å². The van der Waals surface area contributed by atoms with E-state index in [1.807, 2.05) is 0 Å². The van der Waals surface area contributed by atoms with Gasteiger partial charge >= 0.3 is 0 Å². The Morgan fingerprint density at radius 2 is 2.20 bits per heavy atom. The van der Waals surface area contributed by atoms with Crippen molar-refractivity contribution in [2.75, 3.05) is 26.2 Å². The first-order valence-electron chi connectivity index (χ1n) is 6.72. The predicted octanol–water partition coefficient (Wildman–Crippen LogP) is 2.50. The molecule has 0 aromatic heterocycles. The van der Waals surface area contributed by atoms with Gasteiger partial charge in [-0.25, -0.2) is 0 Å². The predicted molar refractivity (Wildman–Crippen MR) is 67.2 cm³/mol. The van der Waals surface area contributed by atoms with Crippen LogP contribution in [0.1, 0.15) is 46.5 Å². The fraction of sp³-hybridized carbons (Fsp3) is 1.00. The molecule has 0 radical (unpaired) electrons. The van der Waals surface area contributed by atoms with Gasteiger partial charge in [0.25, 0.3) is 0 Å². The second-order valence-corrected chi connectivity index (χ2v) is 5.00. The van der Waals surface area contributed by atoms with Crippen molar-refractivity contribution in [3.05, 3.63) is 0 Å². The number of hydrogen-bond donors (Lipinski definition) is 1. The zero-order chi connectivity index (χ0) is 11.1. The van der Waals surface area contributed by atoms with E-state index in [0.717, 1.165) is 5.92 Å². The highest BCUT2D eigenvalue weighted by atomic mass is 15.1. The highest BCUT2D eigenvalue weighted by Crippen LogP contribution is 2.15. The normalized spacial score (nSPS) is 24.6. The number of likely N-dealkylation sites (tertiary alicyclic amines) is 1. The van der Waals surface area contributed by atoms with E-state index in [-0.39, 0.29) is 0 Å². The van der Waals surface area contributed by atoms with Gasteiger partial charge in [-0.1, -0.05) is 26.7 Å². The Labute approximate surface area is 95.4 Å². The lowest BCUT2D eigenvalue weighted by Crippen LogP contribution is -2.32. The van der Waals surface area contributed by atoms with Crippen molar-refractivity contribution >= 4 is 0 Å². The fourth-order valence-corrected chi connectivity index (χ4v) is 2.35. The lowest BCUT2D eigenvalue weighted by molar-refractivity contribution is 0.334. The van der Waals surface area contributed by atoms with Crippen LogP contribution in [0.4, 0.5) is 0 Å². The molecular weight excluding hydrogens is 184 g/mol. The zero-order valence-corrected chi connectivity index (χ0v) is 10.8. The third-order valence-electron chi connectivity index (χ3n) is 3.56. The molecule has 0 amide bonds. The molecule has 1 heterocycles. The first kappa shape index (κ1) is 13.0. The summed E-state index contributed by atoms with van der Waals surface area (Å²) < 4.78 is 0. The van der Waals surface area contributed by atoms with Crippen LogP contribution in [0.15, 0.2) is 0 Å². The van der Waals surface area contributed by atoms with E-state index < -0.39 is 0 Å². The van der Waals surface area contributed by atoms with Gasteiger partial charge in [0.2, 0.25) is 0 Å². The Kier molecular flexibility index (Phi) is 6.26. The second kappa shape index (κ2) is 7.24. The van der Waals surface area contributed by atoms with Gasteiger partial charge < -0.3 is 10.2 Å². The molecule has 1 N–H and O–H groups in total. The first-order chi connectivity index (χ1) is 7.26. The Hall–Kier alpha value is -0.0800. The third kappa shape index (κ3) is 4.98. The molecule has 2 unspecified atom stereocenters. The van der Waals surface area contributed by atoms with Crippen LogP contribution >= 0.6 is 0 Å². The van der Waals surface area contributed by atoms with Crippen molar-refractivity contribution in [2.45, 2.75) is 52.5 Å². The van der Waals surface area contributed by atoms with Crippen LogP contribution in [0.25, 0.3) is 0 Å². The summed E-state index contributed by atoms with van der Waals surface area (Å²) in [5.74, 6) is 0.897. The molecule has 1 fully saturated rings. The molecule has 1 aliphatic heterocycles. The molecule has 0 aliphatic carbocycles. The van der Waals surface area contributed by atoms with Crippen LogP contribution < -0.4 is 5.32 Å². The number of rotatable bonds is 7. The lowest BCUT2D eigenvalue weighted by Gasteiger charge is -2.17. The third-order valence-corrected chi connectivity index (χ3v) is 3.56. The molecule has 1 rings (SSSR count). The summed E-state index contributed by atoms with van der Waals surface area (Å²) in [6.07, 6.45) is 5.40. The largest absolute Gasteiger partial charge is 0.314 e. The van der Waals surface area contributed by atoms with Crippen molar-refractivity contribution in [1.29, 1.82) is 0 Å². The molecule has 0 aromatic rings. The number of unbranched alkanes of at least 4 members (excludes halogenated alkanes) is 1. The minimum atomic E-state index is 0.709. The monoisotopic (exact) mass is 212 g/mol. The summed E-state index contributed by atoms with van der Waals surface area (Å²) >= 11 is 0. The van der Waals surface area contributed by atoms with Gasteiger partial charge in [-0.2, -0.15) is 0 Å². The SMILES string of the molecule is CCCCC(C)NCC1CCN(CC)C1. The Morgan fingerprint density at radius 3 is 2.80 bits per heavy atom. The summed E-state index contributed by atoms with van der Waals surface area (Å²) in [5.41, 5.74) is 0. The van der Waals surface area contributed by atoms with Gasteiger partial charge in [0.05, 0.1) is 0 Å². The van der Waals surface area contributed by atoms with E-state index in [2.05, 4.69) is 31.0 Å². The summed E-state index contributed by atoms with van der Waals surface area (Å²) in [6.45, 7) is 11.9. The number of nitrogens with zero attached hydrogens (tertiary/aromatic N) is 1. The minimum Gasteiger partial charge on any atom is -0.314 e. The Balaban J connectivity index is 2.04. The van der Waals surface area contributed by atoms with Gasteiger partial charge in [0.15, 0.2) is 0 Å². The molecule has 90 valence electrons. The zero-order valence-electron chi connectivity index (χ0n) is 10.8. The van der Waals surface area contributed by atoms with Crippen LogP contribution in [-0.4, -0.2) is 37.1 Å². The maximum atomic E-state index is 3.68. The van der Waals surface area contributed by atoms with Crippen LogP contribution in [0.2, 0.25) is 0 Å². The van der Waals surface area contributed by atoms with Gasteiger partial charge in [-0.3, -0.25) is 0 Å². The molecule has 2 atom stereocenters. The Bertz CT molecular complexity index is 159. The Morgan fingerprint density at radius 1 is 1.40 bits per heavy atom. The van der Waals surface area contributed by atoms with Gasteiger partial charge in [0, 0.05) is 12.6 Å². The topological polar surface area (TPSA) is 15.3 Å². The molecule has 2 heteroatoms. The van der Waals surface area contributed by atoms with Gasteiger partial charge in [-0.05, 0) is 45.3 Å². The molecule has 2 nitrogen and oxygen atoms in total. The molecule has 0 aromatic carbocycles. The van der Waals surface area contributed by atoms with Crippen molar-refractivity contribution < 1.29 is 0 Å². The van der Waals surface area contributed by atoms with Crippen LogP contribution in [0.5, 0.6) is 0 Å². The molecule has 1 saturated heterocycles. The van der Waals surface area contributed by atoms with E-state index in [9.17, 15) is 0 Å². The summed E-state index contributed by atoms with van der Waals surface area (Å²) in [4.78, 5) is 2.56. The minimum absolute atomic E-state index is 0.709. The summed E-state index contributed by atoms with van der Waals surface area (Å²) in [7, 11) is 0. The number of hydrogen-bond acceptors (Lipinski definition) is 2. The molecule has 0 saturated carbocycles. The quantitative estimate of drug-likeness (QED) is 0.697. The van der Waals surface area contributed by atoms with E-state index in [1.54, 1.807) is 0 Å². The van der Waals surface area contributed by atoms with E-state index in [4.69, 9.17) is 0 Å². The molecule has 0 bridgehead atoms. The molecule has 0 spiro atoms. The lowest BCUT2D eigenvalue weighted by atomic mass is 10.1. The van der Waals surface area contributed by atoms with Crippen LogP contribution in [0, 0.1) is 5.92 Å². The average molecular weight is 212 g/mol. The molecular formula is C13H28N2. The summed E-state index contributed by atoms with van der Waals surface area (Å²) in [6, 6.07) is 0.709. The second-order valence-electron chi connectivity index (χ2n) is 5.00. The summed E-state index contributed by atoms with van der Waals surface area (Å²) in [5, 5.41) is 3.68. The van der Waals surface area contributed by atoms with Crippen molar-refractivity contribution in [1.82, 2.24) is 10.2 Å². The van der Waals surface area contributed by atoms with Crippen molar-refractivity contribution in [3.63, 3.8) is 0 Å². The standard InChI is InChI=1S/C13H28N2/c1-4-6-7-12(3)14-10-13-8-9-15(5-2)11-13/h12-14H,4-11H2,1-3H3. The molecule has 1 aliphatic rings. The van der Waals surface area contributed by atoms with Gasteiger partial charge in [0.1, 0.15) is 0 Å². The highest BCUT2D eigenvalue weighted by molar-refractivity contribution is 4.77. The van der Waals surface area contributed by atoms with Crippen molar-refractivity contribution in [3.8, 4) is 0 Å². The van der Waals surface area contributed by atoms with E-state index in [1.165, 1.54) is 51.9 Å². The maximum Gasteiger partial charge on any atom is 0.00388 e. The maximum absolute atomic E-state index is 3.68. The van der Waals surface area contributed by atoms with Gasteiger partial charge in [-0.15, -0.1) is 0 Å². The van der Waals surface area contributed by atoms with Crippen molar-refractivity contribution in [2.24, 2.45) is 5.92 Å². The molecule has 15 heavy (non-hydrogen) atoms. The van der Waals surface area contributed by atoms with E-state index in [0.29, 0.717) is 6.04 Å². The van der Waals surface area contributed by atoms with Crippen LogP contribution in [0.3, 0.4) is 0 Å². The fourth-order valence-electron chi connectivity index (χ4n) is 2.35. The van der Waals surface area contributed by atoms with Crippen LogP contribution in [-0.2, 0) is 0 Å². The number of nitrogens with one attached hydrogen (secondary N) is 1. The average Bonchev–Trinajstić information content (AvgIpc) is 2.71. The smallest absolute Gasteiger partial charge is 0.00388 e. The highest BCUT2D eigenvalue weighted by Gasteiger charge is 2.20.